The summed E-state index contributed by atoms with van der Waals surface area (Å²) in [6.07, 6.45) is -0.102. The molecule has 2 rings (SSSR count). The highest BCUT2D eigenvalue weighted by atomic mass is 35.5. The van der Waals surface area contributed by atoms with E-state index in [0.717, 1.165) is 10.4 Å². The maximum absolute atomic E-state index is 12.8. The maximum Gasteiger partial charge on any atom is 0.341 e. The SMILES string of the molecule is CCOC(=O)c1c(NC(=O)c2cc(Cl)c(OC(C)C)c(OC)c2)sc(C)c1C. The van der Waals surface area contributed by atoms with E-state index < -0.39 is 11.9 Å². The monoisotopic (exact) mass is 425 g/mol. The van der Waals surface area contributed by atoms with Crippen molar-refractivity contribution in [3.05, 3.63) is 38.7 Å². The van der Waals surface area contributed by atoms with Crippen LogP contribution in [0.15, 0.2) is 12.1 Å². The Morgan fingerprint density at radius 1 is 1.25 bits per heavy atom. The third kappa shape index (κ3) is 4.77. The van der Waals surface area contributed by atoms with Crippen molar-refractivity contribution < 1.29 is 23.8 Å². The number of rotatable bonds is 7. The van der Waals surface area contributed by atoms with Gasteiger partial charge < -0.3 is 19.5 Å². The molecule has 0 aliphatic carbocycles. The number of halogens is 1. The van der Waals surface area contributed by atoms with Gasteiger partial charge in [0.1, 0.15) is 5.00 Å². The first-order valence-corrected chi connectivity index (χ1v) is 10.0. The fourth-order valence-corrected chi connectivity index (χ4v) is 3.84. The second-order valence-corrected chi connectivity index (χ2v) is 7.95. The molecule has 1 heterocycles. The minimum atomic E-state index is -0.462. The van der Waals surface area contributed by atoms with Crippen LogP contribution in [0.5, 0.6) is 11.5 Å². The first kappa shape index (κ1) is 22.0. The Morgan fingerprint density at radius 3 is 2.50 bits per heavy atom. The van der Waals surface area contributed by atoms with Crippen molar-refractivity contribution in [3.8, 4) is 11.5 Å². The van der Waals surface area contributed by atoms with Gasteiger partial charge in [0.05, 0.1) is 30.4 Å². The molecule has 1 N–H and O–H groups in total. The van der Waals surface area contributed by atoms with E-state index in [1.54, 1.807) is 13.0 Å². The van der Waals surface area contributed by atoms with Crippen LogP contribution in [-0.2, 0) is 4.74 Å². The average Bonchev–Trinajstić information content (AvgIpc) is 2.90. The number of benzene rings is 1. The van der Waals surface area contributed by atoms with Crippen LogP contribution in [0, 0.1) is 13.8 Å². The number of hydrogen-bond donors (Lipinski definition) is 1. The number of anilines is 1. The summed E-state index contributed by atoms with van der Waals surface area (Å²) in [6.45, 7) is 9.44. The van der Waals surface area contributed by atoms with E-state index in [4.69, 9.17) is 25.8 Å². The Hall–Kier alpha value is -2.25. The van der Waals surface area contributed by atoms with Crippen LogP contribution in [0.25, 0.3) is 0 Å². The fraction of sp³-hybridized carbons (Fsp3) is 0.400. The zero-order chi connectivity index (χ0) is 21.0. The molecule has 0 fully saturated rings. The first-order chi connectivity index (χ1) is 13.2. The van der Waals surface area contributed by atoms with Crippen molar-refractivity contribution >= 4 is 39.8 Å². The molecule has 1 aromatic carbocycles. The van der Waals surface area contributed by atoms with E-state index in [1.807, 2.05) is 27.7 Å². The molecule has 1 aromatic heterocycles. The molecule has 6 nitrogen and oxygen atoms in total. The van der Waals surface area contributed by atoms with E-state index in [2.05, 4.69) is 5.32 Å². The van der Waals surface area contributed by atoms with Crippen LogP contribution in [0.2, 0.25) is 5.02 Å². The van der Waals surface area contributed by atoms with Crippen molar-refractivity contribution in [2.24, 2.45) is 0 Å². The number of methoxy groups -OCH3 is 1. The normalized spacial score (nSPS) is 10.7. The highest BCUT2D eigenvalue weighted by Gasteiger charge is 2.23. The second-order valence-electron chi connectivity index (χ2n) is 6.32. The lowest BCUT2D eigenvalue weighted by atomic mass is 10.1. The van der Waals surface area contributed by atoms with Crippen molar-refractivity contribution in [2.45, 2.75) is 40.7 Å². The molecule has 1 amide bonds. The summed E-state index contributed by atoms with van der Waals surface area (Å²) in [5.41, 5.74) is 1.45. The van der Waals surface area contributed by atoms with Crippen LogP contribution >= 0.6 is 22.9 Å². The highest BCUT2D eigenvalue weighted by molar-refractivity contribution is 7.16. The summed E-state index contributed by atoms with van der Waals surface area (Å²) < 4.78 is 16.1. The largest absolute Gasteiger partial charge is 0.493 e. The van der Waals surface area contributed by atoms with Crippen LogP contribution < -0.4 is 14.8 Å². The van der Waals surface area contributed by atoms with Gasteiger partial charge in [-0.15, -0.1) is 11.3 Å². The Balaban J connectivity index is 2.37. The Bertz CT molecular complexity index is 891. The Morgan fingerprint density at radius 2 is 1.93 bits per heavy atom. The molecule has 2 aromatic rings. The van der Waals surface area contributed by atoms with Gasteiger partial charge >= 0.3 is 5.97 Å². The van der Waals surface area contributed by atoms with Crippen LogP contribution in [-0.4, -0.2) is 31.7 Å². The molecule has 28 heavy (non-hydrogen) atoms. The summed E-state index contributed by atoms with van der Waals surface area (Å²) >= 11 is 7.62. The zero-order valence-electron chi connectivity index (χ0n) is 16.8. The number of thiophene rings is 1. The fourth-order valence-electron chi connectivity index (χ4n) is 2.54. The van der Waals surface area contributed by atoms with E-state index in [-0.39, 0.29) is 23.3 Å². The molecular formula is C20H24ClNO5S. The smallest absolute Gasteiger partial charge is 0.341 e. The Kier molecular flexibility index (Phi) is 7.32. The number of ether oxygens (including phenoxy) is 3. The minimum Gasteiger partial charge on any atom is -0.493 e. The lowest BCUT2D eigenvalue weighted by Gasteiger charge is -2.16. The average molecular weight is 426 g/mol. The molecule has 0 saturated carbocycles. The predicted octanol–water partition coefficient (Wildman–Crippen LogP) is 5.24. The zero-order valence-corrected chi connectivity index (χ0v) is 18.3. The summed E-state index contributed by atoms with van der Waals surface area (Å²) in [6, 6.07) is 3.06. The predicted molar refractivity (Wildman–Crippen MR) is 111 cm³/mol. The third-order valence-corrected chi connectivity index (χ3v) is 5.34. The first-order valence-electron chi connectivity index (χ1n) is 8.82. The highest BCUT2D eigenvalue weighted by Crippen LogP contribution is 2.38. The topological polar surface area (TPSA) is 73.9 Å². The number of nitrogens with one attached hydrogen (secondary N) is 1. The van der Waals surface area contributed by atoms with E-state index in [9.17, 15) is 9.59 Å². The number of amides is 1. The maximum atomic E-state index is 12.8. The molecule has 0 bridgehead atoms. The number of hydrogen-bond acceptors (Lipinski definition) is 6. The Labute approximate surface area is 173 Å². The molecule has 0 unspecified atom stereocenters. The quantitative estimate of drug-likeness (QED) is 0.614. The van der Waals surface area contributed by atoms with Gasteiger partial charge in [0, 0.05) is 10.4 Å². The van der Waals surface area contributed by atoms with E-state index in [1.165, 1.54) is 24.5 Å². The molecule has 0 atom stereocenters. The molecule has 8 heteroatoms. The van der Waals surface area contributed by atoms with Crippen molar-refractivity contribution in [1.82, 2.24) is 0 Å². The van der Waals surface area contributed by atoms with Gasteiger partial charge in [-0.25, -0.2) is 4.79 Å². The summed E-state index contributed by atoms with van der Waals surface area (Å²) in [7, 11) is 1.48. The second kappa shape index (κ2) is 9.30. The molecule has 0 saturated heterocycles. The molecule has 0 radical (unpaired) electrons. The summed E-state index contributed by atoms with van der Waals surface area (Å²) in [4.78, 5) is 26.0. The van der Waals surface area contributed by atoms with Gasteiger partial charge in [-0.05, 0) is 52.3 Å². The molecule has 0 aliphatic heterocycles. The van der Waals surface area contributed by atoms with Gasteiger partial charge in [0.2, 0.25) is 0 Å². The molecule has 152 valence electrons. The lowest BCUT2D eigenvalue weighted by molar-refractivity contribution is 0.0527. The summed E-state index contributed by atoms with van der Waals surface area (Å²) in [5.74, 6) is -0.139. The number of carbonyl (C=O) groups is 2. The molecular weight excluding hydrogens is 402 g/mol. The standard InChI is InChI=1S/C20H24ClNO5S/c1-7-26-20(24)16-11(4)12(5)28-19(16)22-18(23)13-8-14(21)17(27-10(2)3)15(9-13)25-6/h8-10H,7H2,1-6H3,(H,22,23). The van der Waals surface area contributed by atoms with Gasteiger partial charge in [-0.2, -0.15) is 0 Å². The van der Waals surface area contributed by atoms with Gasteiger partial charge in [-0.3, -0.25) is 4.79 Å². The minimum absolute atomic E-state index is 0.102. The number of aryl methyl sites for hydroxylation is 1. The summed E-state index contributed by atoms with van der Waals surface area (Å²) in [5, 5.41) is 3.50. The molecule has 0 spiro atoms. The van der Waals surface area contributed by atoms with E-state index in [0.29, 0.717) is 22.1 Å². The third-order valence-electron chi connectivity index (χ3n) is 3.94. The van der Waals surface area contributed by atoms with Gasteiger partial charge in [-0.1, -0.05) is 11.6 Å². The van der Waals surface area contributed by atoms with Gasteiger partial charge in [0.15, 0.2) is 11.5 Å². The van der Waals surface area contributed by atoms with Crippen molar-refractivity contribution in [3.63, 3.8) is 0 Å². The lowest BCUT2D eigenvalue weighted by Crippen LogP contribution is -2.15. The van der Waals surface area contributed by atoms with Crippen molar-refractivity contribution in [1.29, 1.82) is 0 Å². The number of esters is 1. The number of carbonyl (C=O) groups excluding carboxylic acids is 2. The van der Waals surface area contributed by atoms with E-state index >= 15 is 0 Å². The molecule has 0 aliphatic rings. The van der Waals surface area contributed by atoms with Crippen LogP contribution in [0.3, 0.4) is 0 Å². The van der Waals surface area contributed by atoms with Crippen LogP contribution in [0.4, 0.5) is 5.00 Å². The van der Waals surface area contributed by atoms with Gasteiger partial charge in [0.25, 0.3) is 5.91 Å². The van der Waals surface area contributed by atoms with Crippen molar-refractivity contribution in [2.75, 3.05) is 19.0 Å². The van der Waals surface area contributed by atoms with Crippen LogP contribution in [0.1, 0.15) is 51.9 Å².